The van der Waals surface area contributed by atoms with Crippen LogP contribution in [0.15, 0.2) is 35.3 Å². The second-order valence-electron chi connectivity index (χ2n) is 3.36. The number of aryl methyl sites for hydroxylation is 2. The van der Waals surface area contributed by atoms with Crippen LogP contribution in [0.4, 0.5) is 0 Å². The van der Waals surface area contributed by atoms with Gasteiger partial charge in [0.05, 0.1) is 12.0 Å². The molecular formula is C11H11BrN2. The van der Waals surface area contributed by atoms with E-state index in [2.05, 4.69) is 46.9 Å². The number of halogens is 1. The van der Waals surface area contributed by atoms with E-state index in [0.717, 1.165) is 4.47 Å². The van der Waals surface area contributed by atoms with E-state index in [0.29, 0.717) is 0 Å². The minimum Gasteiger partial charge on any atom is -0.306 e. The molecule has 0 fully saturated rings. The minimum atomic E-state index is 1.12. The summed E-state index contributed by atoms with van der Waals surface area (Å²) in [5.74, 6) is 0. The molecule has 3 heteroatoms. The van der Waals surface area contributed by atoms with Gasteiger partial charge in [-0.1, -0.05) is 15.9 Å². The Morgan fingerprint density at radius 3 is 2.36 bits per heavy atom. The molecule has 0 N–H and O–H groups in total. The lowest BCUT2D eigenvalue weighted by atomic mass is 10.1. The summed E-state index contributed by atoms with van der Waals surface area (Å²) in [6.07, 6.45) is 5.58. The fraction of sp³-hybridized carbons (Fsp3) is 0.182. The summed E-state index contributed by atoms with van der Waals surface area (Å²) in [6.45, 7) is 4.21. The summed E-state index contributed by atoms with van der Waals surface area (Å²) in [5, 5.41) is 0. The molecule has 0 atom stereocenters. The number of imidazole rings is 1. The quantitative estimate of drug-likeness (QED) is 0.760. The molecule has 0 aliphatic rings. The average molecular weight is 251 g/mol. The van der Waals surface area contributed by atoms with Crippen LogP contribution in [0, 0.1) is 13.8 Å². The third kappa shape index (κ3) is 1.60. The molecule has 1 heterocycles. The zero-order valence-electron chi connectivity index (χ0n) is 8.16. The molecule has 2 nitrogen and oxygen atoms in total. The molecular weight excluding hydrogens is 240 g/mol. The zero-order valence-corrected chi connectivity index (χ0v) is 9.75. The Balaban J connectivity index is 2.64. The van der Waals surface area contributed by atoms with Crippen molar-refractivity contribution in [2.24, 2.45) is 0 Å². The SMILES string of the molecule is Cc1cc(Br)cc(C)c1-n1ccnc1. The molecule has 0 spiro atoms. The summed E-state index contributed by atoms with van der Waals surface area (Å²) in [4.78, 5) is 4.05. The largest absolute Gasteiger partial charge is 0.306 e. The van der Waals surface area contributed by atoms with Crippen LogP contribution in [0.5, 0.6) is 0 Å². The van der Waals surface area contributed by atoms with Gasteiger partial charge in [-0.2, -0.15) is 0 Å². The summed E-state index contributed by atoms with van der Waals surface area (Å²) >= 11 is 3.49. The topological polar surface area (TPSA) is 17.8 Å². The second kappa shape index (κ2) is 3.58. The third-order valence-corrected chi connectivity index (χ3v) is 2.68. The summed E-state index contributed by atoms with van der Waals surface area (Å²) in [7, 11) is 0. The highest BCUT2D eigenvalue weighted by Gasteiger charge is 2.05. The van der Waals surface area contributed by atoms with Gasteiger partial charge in [-0.15, -0.1) is 0 Å². The van der Waals surface area contributed by atoms with E-state index in [9.17, 15) is 0 Å². The molecule has 0 aliphatic heterocycles. The van der Waals surface area contributed by atoms with Gasteiger partial charge in [-0.05, 0) is 37.1 Å². The second-order valence-corrected chi connectivity index (χ2v) is 4.27. The fourth-order valence-corrected chi connectivity index (χ4v) is 2.39. The summed E-state index contributed by atoms with van der Waals surface area (Å²) in [6, 6.07) is 4.23. The number of nitrogens with zero attached hydrogens (tertiary/aromatic N) is 2. The first-order valence-corrected chi connectivity index (χ1v) is 5.23. The predicted molar refractivity (Wildman–Crippen MR) is 60.7 cm³/mol. The molecule has 0 unspecified atom stereocenters. The minimum absolute atomic E-state index is 1.12. The van der Waals surface area contributed by atoms with Crippen molar-refractivity contribution in [1.82, 2.24) is 9.55 Å². The maximum Gasteiger partial charge on any atom is 0.0991 e. The summed E-state index contributed by atoms with van der Waals surface area (Å²) in [5.41, 5.74) is 3.70. The van der Waals surface area contributed by atoms with Crippen molar-refractivity contribution in [3.05, 3.63) is 46.5 Å². The number of hydrogen-bond donors (Lipinski definition) is 0. The maximum absolute atomic E-state index is 4.05. The Morgan fingerprint density at radius 2 is 1.86 bits per heavy atom. The molecule has 0 amide bonds. The fourth-order valence-electron chi connectivity index (χ4n) is 1.70. The molecule has 0 radical (unpaired) electrons. The van der Waals surface area contributed by atoms with Crippen molar-refractivity contribution in [2.45, 2.75) is 13.8 Å². The highest BCUT2D eigenvalue weighted by atomic mass is 79.9. The van der Waals surface area contributed by atoms with Crippen LogP contribution in [0.25, 0.3) is 5.69 Å². The molecule has 14 heavy (non-hydrogen) atoms. The standard InChI is InChI=1S/C11H11BrN2/c1-8-5-10(12)6-9(2)11(8)14-4-3-13-7-14/h3-7H,1-2H3. The van der Waals surface area contributed by atoms with Gasteiger partial charge in [0, 0.05) is 16.9 Å². The van der Waals surface area contributed by atoms with E-state index in [1.54, 1.807) is 6.20 Å². The van der Waals surface area contributed by atoms with Crippen LogP contribution in [-0.4, -0.2) is 9.55 Å². The predicted octanol–water partition coefficient (Wildman–Crippen LogP) is 3.25. The normalized spacial score (nSPS) is 10.5. The molecule has 2 rings (SSSR count). The van der Waals surface area contributed by atoms with Crippen molar-refractivity contribution in [1.29, 1.82) is 0 Å². The van der Waals surface area contributed by atoms with Gasteiger partial charge in [0.2, 0.25) is 0 Å². The smallest absolute Gasteiger partial charge is 0.0991 e. The van der Waals surface area contributed by atoms with Gasteiger partial charge in [0.15, 0.2) is 0 Å². The Labute approximate surface area is 91.7 Å². The molecule has 0 saturated heterocycles. The van der Waals surface area contributed by atoms with Gasteiger partial charge >= 0.3 is 0 Å². The van der Waals surface area contributed by atoms with Crippen LogP contribution >= 0.6 is 15.9 Å². The highest BCUT2D eigenvalue weighted by Crippen LogP contribution is 2.23. The molecule has 1 aromatic heterocycles. The van der Waals surface area contributed by atoms with Crippen LogP contribution in [0.2, 0.25) is 0 Å². The average Bonchev–Trinajstić information content (AvgIpc) is 2.54. The zero-order chi connectivity index (χ0) is 10.1. The molecule has 2 aromatic rings. The molecule has 0 aliphatic carbocycles. The maximum atomic E-state index is 4.05. The van der Waals surface area contributed by atoms with E-state index < -0.39 is 0 Å². The van der Waals surface area contributed by atoms with Crippen LogP contribution < -0.4 is 0 Å². The monoisotopic (exact) mass is 250 g/mol. The Bertz CT molecular complexity index is 423. The van der Waals surface area contributed by atoms with E-state index in [4.69, 9.17) is 0 Å². The first-order valence-electron chi connectivity index (χ1n) is 4.43. The van der Waals surface area contributed by atoms with Crippen molar-refractivity contribution in [3.8, 4) is 5.69 Å². The Hall–Kier alpha value is -1.09. The van der Waals surface area contributed by atoms with Crippen LogP contribution in [0.3, 0.4) is 0 Å². The van der Waals surface area contributed by atoms with E-state index >= 15 is 0 Å². The lowest BCUT2D eigenvalue weighted by Crippen LogP contribution is -1.97. The van der Waals surface area contributed by atoms with E-state index in [1.165, 1.54) is 16.8 Å². The number of aromatic nitrogens is 2. The van der Waals surface area contributed by atoms with Crippen molar-refractivity contribution < 1.29 is 0 Å². The van der Waals surface area contributed by atoms with Gasteiger partial charge in [-0.25, -0.2) is 4.98 Å². The van der Waals surface area contributed by atoms with Crippen LogP contribution in [0.1, 0.15) is 11.1 Å². The first kappa shape index (κ1) is 9.46. The Kier molecular flexibility index (Phi) is 2.42. The van der Waals surface area contributed by atoms with Crippen molar-refractivity contribution in [2.75, 3.05) is 0 Å². The lowest BCUT2D eigenvalue weighted by molar-refractivity contribution is 1.02. The number of hydrogen-bond acceptors (Lipinski definition) is 1. The van der Waals surface area contributed by atoms with Gasteiger partial charge in [0.1, 0.15) is 0 Å². The molecule has 0 saturated carbocycles. The Morgan fingerprint density at radius 1 is 1.21 bits per heavy atom. The lowest BCUT2D eigenvalue weighted by Gasteiger charge is -2.10. The number of rotatable bonds is 1. The molecule has 0 bridgehead atoms. The van der Waals surface area contributed by atoms with Gasteiger partial charge in [-0.3, -0.25) is 0 Å². The molecule has 72 valence electrons. The highest BCUT2D eigenvalue weighted by molar-refractivity contribution is 9.10. The van der Waals surface area contributed by atoms with Crippen molar-refractivity contribution >= 4 is 15.9 Å². The first-order chi connectivity index (χ1) is 6.68. The van der Waals surface area contributed by atoms with Crippen molar-refractivity contribution in [3.63, 3.8) is 0 Å². The van der Waals surface area contributed by atoms with Crippen LogP contribution in [-0.2, 0) is 0 Å². The number of benzene rings is 1. The van der Waals surface area contributed by atoms with Gasteiger partial charge < -0.3 is 4.57 Å². The van der Waals surface area contributed by atoms with Gasteiger partial charge in [0.25, 0.3) is 0 Å². The summed E-state index contributed by atoms with van der Waals surface area (Å²) < 4.78 is 3.16. The van der Waals surface area contributed by atoms with E-state index in [-0.39, 0.29) is 0 Å². The third-order valence-electron chi connectivity index (χ3n) is 2.22. The molecule has 1 aromatic carbocycles. The van der Waals surface area contributed by atoms with E-state index in [1.807, 2.05) is 17.1 Å².